The fourth-order valence-corrected chi connectivity index (χ4v) is 2.83. The van der Waals surface area contributed by atoms with Crippen LogP contribution in [0.2, 0.25) is 0 Å². The highest BCUT2D eigenvalue weighted by Gasteiger charge is 2.34. The lowest BCUT2D eigenvalue weighted by atomic mass is 9.85. The molecule has 2 aliphatic rings. The predicted molar refractivity (Wildman–Crippen MR) is 59.3 cm³/mol. The third-order valence-corrected chi connectivity index (χ3v) is 3.72. The number of rotatable bonds is 1. The van der Waals surface area contributed by atoms with Crippen LogP contribution in [0.15, 0.2) is 0 Å². The van der Waals surface area contributed by atoms with Crippen molar-refractivity contribution >= 4 is 0 Å². The monoisotopic (exact) mass is 197 g/mol. The Hall–Kier alpha value is -0.120. The summed E-state index contributed by atoms with van der Waals surface area (Å²) in [6.45, 7) is 6.08. The Morgan fingerprint density at radius 3 is 2.57 bits per heavy atom. The first-order valence-electron chi connectivity index (χ1n) is 5.86. The largest absolute Gasteiger partial charge is 0.328 e. The van der Waals surface area contributed by atoms with E-state index < -0.39 is 0 Å². The Kier molecular flexibility index (Phi) is 3.10. The normalized spacial score (nSPS) is 41.8. The molecule has 1 aliphatic carbocycles. The van der Waals surface area contributed by atoms with Crippen molar-refractivity contribution in [2.24, 2.45) is 5.73 Å². The van der Waals surface area contributed by atoms with E-state index in [1.807, 2.05) is 0 Å². The zero-order valence-corrected chi connectivity index (χ0v) is 9.45. The SMILES string of the molecule is CC1CN(C)CCCN1C1CC(N)C1. The Bertz CT molecular complexity index is 189. The van der Waals surface area contributed by atoms with Gasteiger partial charge in [-0.25, -0.2) is 0 Å². The molecule has 0 amide bonds. The van der Waals surface area contributed by atoms with Crippen molar-refractivity contribution in [1.82, 2.24) is 9.80 Å². The highest BCUT2D eigenvalue weighted by Crippen LogP contribution is 2.27. The lowest BCUT2D eigenvalue weighted by Crippen LogP contribution is -2.54. The molecule has 2 N–H and O–H groups in total. The summed E-state index contributed by atoms with van der Waals surface area (Å²) in [6, 6.07) is 1.97. The maximum Gasteiger partial charge on any atom is 0.0197 e. The van der Waals surface area contributed by atoms with Crippen molar-refractivity contribution in [3.05, 3.63) is 0 Å². The first kappa shape index (κ1) is 10.4. The molecule has 1 atom stereocenters. The second-order valence-corrected chi connectivity index (χ2v) is 5.09. The summed E-state index contributed by atoms with van der Waals surface area (Å²) >= 11 is 0. The number of hydrogen-bond donors (Lipinski definition) is 1. The molecule has 3 heteroatoms. The van der Waals surface area contributed by atoms with Crippen molar-refractivity contribution in [2.45, 2.75) is 44.3 Å². The standard InChI is InChI=1S/C11H23N3/c1-9-8-13(2)4-3-5-14(9)11-6-10(12)7-11/h9-11H,3-8,12H2,1-2H3. The molecule has 0 aromatic rings. The van der Waals surface area contributed by atoms with Gasteiger partial charge in [-0.2, -0.15) is 0 Å². The number of nitrogens with two attached hydrogens (primary N) is 1. The highest BCUT2D eigenvalue weighted by atomic mass is 15.3. The molecule has 1 unspecified atom stereocenters. The van der Waals surface area contributed by atoms with E-state index in [-0.39, 0.29) is 0 Å². The summed E-state index contributed by atoms with van der Waals surface area (Å²) < 4.78 is 0. The molecule has 1 aliphatic heterocycles. The van der Waals surface area contributed by atoms with Crippen LogP contribution in [-0.4, -0.2) is 54.6 Å². The summed E-state index contributed by atoms with van der Waals surface area (Å²) in [7, 11) is 2.23. The molecule has 82 valence electrons. The summed E-state index contributed by atoms with van der Waals surface area (Å²) in [6.07, 6.45) is 3.74. The van der Waals surface area contributed by atoms with Crippen molar-refractivity contribution in [2.75, 3.05) is 26.7 Å². The number of nitrogens with zero attached hydrogens (tertiary/aromatic N) is 2. The lowest BCUT2D eigenvalue weighted by molar-refractivity contribution is 0.0758. The minimum atomic E-state index is 0.480. The van der Waals surface area contributed by atoms with Crippen molar-refractivity contribution in [3.8, 4) is 0 Å². The minimum absolute atomic E-state index is 0.480. The smallest absolute Gasteiger partial charge is 0.0197 e. The molecular formula is C11H23N3. The number of hydrogen-bond acceptors (Lipinski definition) is 3. The summed E-state index contributed by atoms with van der Waals surface area (Å²) in [5, 5.41) is 0. The van der Waals surface area contributed by atoms with Crippen LogP contribution in [0.5, 0.6) is 0 Å². The van der Waals surface area contributed by atoms with Crippen LogP contribution >= 0.6 is 0 Å². The second kappa shape index (κ2) is 4.17. The molecule has 1 heterocycles. The Morgan fingerprint density at radius 2 is 1.93 bits per heavy atom. The zero-order chi connectivity index (χ0) is 10.1. The van der Waals surface area contributed by atoms with Gasteiger partial charge in [0.25, 0.3) is 0 Å². The van der Waals surface area contributed by atoms with E-state index in [9.17, 15) is 0 Å². The molecule has 0 spiro atoms. The first-order chi connectivity index (χ1) is 6.66. The van der Waals surface area contributed by atoms with Gasteiger partial charge in [0.1, 0.15) is 0 Å². The van der Waals surface area contributed by atoms with Gasteiger partial charge in [-0.15, -0.1) is 0 Å². The number of likely N-dealkylation sites (N-methyl/N-ethyl adjacent to an activating group) is 1. The molecule has 2 rings (SSSR count). The zero-order valence-electron chi connectivity index (χ0n) is 9.45. The highest BCUT2D eigenvalue weighted by molar-refractivity contribution is 4.92. The van der Waals surface area contributed by atoms with Crippen LogP contribution in [0.25, 0.3) is 0 Å². The molecule has 0 aromatic heterocycles. The first-order valence-corrected chi connectivity index (χ1v) is 5.86. The minimum Gasteiger partial charge on any atom is -0.328 e. The van der Waals surface area contributed by atoms with Crippen molar-refractivity contribution in [1.29, 1.82) is 0 Å². The average molecular weight is 197 g/mol. The van der Waals surface area contributed by atoms with Crippen molar-refractivity contribution in [3.63, 3.8) is 0 Å². The van der Waals surface area contributed by atoms with E-state index in [0.29, 0.717) is 12.1 Å². The molecule has 1 saturated carbocycles. The molecule has 1 saturated heterocycles. The predicted octanol–water partition coefficient (Wildman–Crippen LogP) is 0.502. The Morgan fingerprint density at radius 1 is 1.21 bits per heavy atom. The lowest BCUT2D eigenvalue weighted by Gasteiger charge is -2.44. The molecular weight excluding hydrogens is 174 g/mol. The van der Waals surface area contributed by atoms with Gasteiger partial charge < -0.3 is 10.6 Å². The van der Waals surface area contributed by atoms with E-state index in [2.05, 4.69) is 23.8 Å². The molecule has 14 heavy (non-hydrogen) atoms. The van der Waals surface area contributed by atoms with Gasteiger partial charge in [0.15, 0.2) is 0 Å². The van der Waals surface area contributed by atoms with Crippen LogP contribution in [0, 0.1) is 0 Å². The van der Waals surface area contributed by atoms with Crippen LogP contribution in [0.1, 0.15) is 26.2 Å². The molecule has 0 radical (unpaired) electrons. The van der Waals surface area contributed by atoms with Gasteiger partial charge in [0.2, 0.25) is 0 Å². The third kappa shape index (κ3) is 2.10. The van der Waals surface area contributed by atoms with Crippen LogP contribution in [0.3, 0.4) is 0 Å². The Balaban J connectivity index is 1.90. The van der Waals surface area contributed by atoms with Gasteiger partial charge in [-0.3, -0.25) is 4.90 Å². The van der Waals surface area contributed by atoms with E-state index in [4.69, 9.17) is 5.73 Å². The van der Waals surface area contributed by atoms with Gasteiger partial charge in [0.05, 0.1) is 0 Å². The van der Waals surface area contributed by atoms with E-state index in [0.717, 1.165) is 6.04 Å². The maximum atomic E-state index is 5.85. The average Bonchev–Trinajstić information content (AvgIpc) is 2.21. The van der Waals surface area contributed by atoms with Gasteiger partial charge in [0, 0.05) is 24.7 Å². The third-order valence-electron chi connectivity index (χ3n) is 3.72. The van der Waals surface area contributed by atoms with Crippen LogP contribution < -0.4 is 5.73 Å². The molecule has 3 nitrogen and oxygen atoms in total. The summed E-state index contributed by atoms with van der Waals surface area (Å²) in [5.74, 6) is 0. The Labute approximate surface area is 87.2 Å². The fraction of sp³-hybridized carbons (Fsp3) is 1.00. The summed E-state index contributed by atoms with van der Waals surface area (Å²) in [5.41, 5.74) is 5.85. The fourth-order valence-electron chi connectivity index (χ4n) is 2.83. The van der Waals surface area contributed by atoms with Crippen molar-refractivity contribution < 1.29 is 0 Å². The maximum absolute atomic E-state index is 5.85. The van der Waals surface area contributed by atoms with Crippen LogP contribution in [-0.2, 0) is 0 Å². The molecule has 2 fully saturated rings. The second-order valence-electron chi connectivity index (χ2n) is 5.09. The van der Waals surface area contributed by atoms with E-state index in [1.165, 1.54) is 38.9 Å². The van der Waals surface area contributed by atoms with E-state index in [1.54, 1.807) is 0 Å². The quantitative estimate of drug-likeness (QED) is 0.664. The van der Waals surface area contributed by atoms with Gasteiger partial charge in [-0.05, 0) is 46.3 Å². The van der Waals surface area contributed by atoms with E-state index >= 15 is 0 Å². The molecule has 0 aromatic carbocycles. The topological polar surface area (TPSA) is 32.5 Å². The van der Waals surface area contributed by atoms with Crippen LogP contribution in [0.4, 0.5) is 0 Å². The summed E-state index contributed by atoms with van der Waals surface area (Å²) in [4.78, 5) is 5.12. The molecule has 0 bridgehead atoms. The van der Waals surface area contributed by atoms with Gasteiger partial charge in [-0.1, -0.05) is 0 Å². The van der Waals surface area contributed by atoms with Gasteiger partial charge >= 0.3 is 0 Å².